The minimum atomic E-state index is -0.403. The minimum Gasteiger partial charge on any atom is -0.493 e. The molecule has 0 aliphatic rings. The number of hydrogen-bond acceptors (Lipinski definition) is 3. The summed E-state index contributed by atoms with van der Waals surface area (Å²) in [5, 5.41) is 0.608. The van der Waals surface area contributed by atoms with Crippen LogP contribution in [0.15, 0.2) is 48.5 Å². The molecule has 0 aliphatic carbocycles. The Hall–Kier alpha value is -2.53. The van der Waals surface area contributed by atoms with Crippen molar-refractivity contribution in [1.82, 2.24) is 10.9 Å². The summed E-state index contributed by atoms with van der Waals surface area (Å²) in [6.45, 7) is 4.67. The maximum atomic E-state index is 12.1. The molecule has 6 heteroatoms. The largest absolute Gasteiger partial charge is 0.493 e. The Balaban J connectivity index is 1.86. The summed E-state index contributed by atoms with van der Waals surface area (Å²) in [6.07, 6.45) is 0.148. The van der Waals surface area contributed by atoms with Crippen molar-refractivity contribution in [3.63, 3.8) is 0 Å². The van der Waals surface area contributed by atoms with Gasteiger partial charge in [-0.15, -0.1) is 0 Å². The molecule has 2 N–H and O–H groups in total. The van der Waals surface area contributed by atoms with Gasteiger partial charge in [-0.2, -0.15) is 0 Å². The van der Waals surface area contributed by atoms with Gasteiger partial charge in [0.15, 0.2) is 0 Å². The lowest BCUT2D eigenvalue weighted by atomic mass is 10.1. The molecule has 0 fully saturated rings. The molecular formula is C19H21ClN2O3. The van der Waals surface area contributed by atoms with E-state index in [0.717, 1.165) is 5.56 Å². The molecule has 0 saturated carbocycles. The maximum Gasteiger partial charge on any atom is 0.269 e. The highest BCUT2D eigenvalue weighted by molar-refractivity contribution is 6.30. The van der Waals surface area contributed by atoms with Gasteiger partial charge in [-0.25, -0.2) is 0 Å². The average molecular weight is 361 g/mol. The van der Waals surface area contributed by atoms with E-state index in [1.807, 2.05) is 13.8 Å². The molecule has 5 nitrogen and oxygen atoms in total. The standard InChI is InChI=1S/C19H21ClN2O3/c1-13(2)12-25-17-5-3-4-15(11-17)19(24)22-21-18(23)10-14-6-8-16(20)9-7-14/h3-9,11,13H,10,12H2,1-2H3,(H,21,23)(H,22,24). The first kappa shape index (κ1) is 18.8. The summed E-state index contributed by atoms with van der Waals surface area (Å²) < 4.78 is 5.59. The normalized spacial score (nSPS) is 10.4. The molecule has 2 rings (SSSR count). The zero-order valence-electron chi connectivity index (χ0n) is 14.2. The number of benzene rings is 2. The van der Waals surface area contributed by atoms with E-state index in [2.05, 4.69) is 10.9 Å². The predicted molar refractivity (Wildman–Crippen MR) is 97.5 cm³/mol. The topological polar surface area (TPSA) is 67.4 Å². The summed E-state index contributed by atoms with van der Waals surface area (Å²) >= 11 is 5.80. The van der Waals surface area contributed by atoms with E-state index >= 15 is 0 Å². The van der Waals surface area contributed by atoms with Crippen LogP contribution in [0.3, 0.4) is 0 Å². The van der Waals surface area contributed by atoms with E-state index in [1.165, 1.54) is 0 Å². The molecular weight excluding hydrogens is 340 g/mol. The second-order valence-corrected chi connectivity index (χ2v) is 6.47. The molecule has 0 spiro atoms. The van der Waals surface area contributed by atoms with E-state index in [0.29, 0.717) is 28.9 Å². The van der Waals surface area contributed by atoms with E-state index < -0.39 is 5.91 Å². The molecule has 0 radical (unpaired) electrons. The van der Waals surface area contributed by atoms with Gasteiger partial charge in [0.1, 0.15) is 5.75 Å². The summed E-state index contributed by atoms with van der Waals surface area (Å²) in [5.74, 6) is 0.292. The zero-order valence-corrected chi connectivity index (χ0v) is 15.0. The molecule has 0 saturated heterocycles. The van der Waals surface area contributed by atoms with Gasteiger partial charge >= 0.3 is 0 Å². The number of amides is 2. The number of hydrazine groups is 1. The van der Waals surface area contributed by atoms with Gasteiger partial charge in [0, 0.05) is 10.6 Å². The first-order valence-corrected chi connectivity index (χ1v) is 8.38. The number of carbonyl (C=O) groups excluding carboxylic acids is 2. The summed E-state index contributed by atoms with van der Waals surface area (Å²) in [7, 11) is 0. The summed E-state index contributed by atoms with van der Waals surface area (Å²) in [5.41, 5.74) is 6.02. The number of rotatable bonds is 6. The molecule has 0 bridgehead atoms. The third-order valence-electron chi connectivity index (χ3n) is 3.27. The Labute approximate surface area is 152 Å². The lowest BCUT2D eigenvalue weighted by Gasteiger charge is -2.11. The molecule has 0 aliphatic heterocycles. The number of halogens is 1. The van der Waals surface area contributed by atoms with Crippen molar-refractivity contribution in [1.29, 1.82) is 0 Å². The number of ether oxygens (including phenoxy) is 1. The Morgan fingerprint density at radius 3 is 2.48 bits per heavy atom. The average Bonchev–Trinajstić information content (AvgIpc) is 2.60. The van der Waals surface area contributed by atoms with Crippen molar-refractivity contribution in [3.05, 3.63) is 64.7 Å². The van der Waals surface area contributed by atoms with Crippen molar-refractivity contribution in [3.8, 4) is 5.75 Å². The van der Waals surface area contributed by atoms with Crippen LogP contribution in [-0.2, 0) is 11.2 Å². The van der Waals surface area contributed by atoms with E-state index in [1.54, 1.807) is 48.5 Å². The highest BCUT2D eigenvalue weighted by Crippen LogP contribution is 2.14. The summed E-state index contributed by atoms with van der Waals surface area (Å²) in [6, 6.07) is 13.8. The van der Waals surface area contributed by atoms with Gasteiger partial charge in [-0.1, -0.05) is 43.6 Å². The van der Waals surface area contributed by atoms with Gasteiger partial charge in [0.2, 0.25) is 5.91 Å². The van der Waals surface area contributed by atoms with Crippen LogP contribution in [0.2, 0.25) is 5.02 Å². The monoisotopic (exact) mass is 360 g/mol. The second-order valence-electron chi connectivity index (χ2n) is 6.04. The lowest BCUT2D eigenvalue weighted by Crippen LogP contribution is -2.42. The van der Waals surface area contributed by atoms with Crippen LogP contribution in [0, 0.1) is 5.92 Å². The van der Waals surface area contributed by atoms with Crippen molar-refractivity contribution < 1.29 is 14.3 Å². The van der Waals surface area contributed by atoms with Gasteiger partial charge in [0.25, 0.3) is 5.91 Å². The molecule has 132 valence electrons. The third kappa shape index (κ3) is 6.47. The van der Waals surface area contributed by atoms with Gasteiger partial charge in [0.05, 0.1) is 13.0 Å². The number of nitrogens with one attached hydrogen (secondary N) is 2. The van der Waals surface area contributed by atoms with Gasteiger partial charge in [-0.05, 0) is 41.8 Å². The lowest BCUT2D eigenvalue weighted by molar-refractivity contribution is -0.121. The van der Waals surface area contributed by atoms with E-state index in [9.17, 15) is 9.59 Å². The first-order chi connectivity index (χ1) is 11.9. The first-order valence-electron chi connectivity index (χ1n) is 8.00. The fraction of sp³-hybridized carbons (Fsp3) is 0.263. The molecule has 0 unspecified atom stereocenters. The fourth-order valence-corrected chi connectivity index (χ4v) is 2.15. The van der Waals surface area contributed by atoms with Crippen LogP contribution in [0.1, 0.15) is 29.8 Å². The van der Waals surface area contributed by atoms with Crippen LogP contribution >= 0.6 is 11.6 Å². The minimum absolute atomic E-state index is 0.148. The smallest absolute Gasteiger partial charge is 0.269 e. The van der Waals surface area contributed by atoms with Crippen molar-refractivity contribution >= 4 is 23.4 Å². The van der Waals surface area contributed by atoms with Crippen molar-refractivity contribution in [2.75, 3.05) is 6.61 Å². The molecule has 0 heterocycles. The molecule has 2 aromatic rings. The summed E-state index contributed by atoms with van der Waals surface area (Å²) in [4.78, 5) is 24.0. The maximum absolute atomic E-state index is 12.1. The number of hydrogen-bond donors (Lipinski definition) is 2. The molecule has 2 aromatic carbocycles. The molecule has 0 aromatic heterocycles. The molecule has 0 atom stereocenters. The van der Waals surface area contributed by atoms with E-state index in [4.69, 9.17) is 16.3 Å². The van der Waals surface area contributed by atoms with E-state index in [-0.39, 0.29) is 12.3 Å². The molecule has 2 amide bonds. The Morgan fingerprint density at radius 1 is 1.08 bits per heavy atom. The third-order valence-corrected chi connectivity index (χ3v) is 3.52. The number of carbonyl (C=O) groups is 2. The van der Waals surface area contributed by atoms with Crippen LogP contribution < -0.4 is 15.6 Å². The Morgan fingerprint density at radius 2 is 1.80 bits per heavy atom. The highest BCUT2D eigenvalue weighted by Gasteiger charge is 2.09. The van der Waals surface area contributed by atoms with Gasteiger partial charge < -0.3 is 4.74 Å². The Kier molecular flexibility index (Phi) is 6.83. The van der Waals surface area contributed by atoms with Gasteiger partial charge in [-0.3, -0.25) is 20.4 Å². The van der Waals surface area contributed by atoms with Crippen LogP contribution in [-0.4, -0.2) is 18.4 Å². The van der Waals surface area contributed by atoms with Crippen molar-refractivity contribution in [2.24, 2.45) is 5.92 Å². The SMILES string of the molecule is CC(C)COc1cccc(C(=O)NNC(=O)Cc2ccc(Cl)cc2)c1. The zero-order chi connectivity index (χ0) is 18.2. The van der Waals surface area contributed by atoms with Crippen LogP contribution in [0.25, 0.3) is 0 Å². The Bertz CT molecular complexity index is 730. The van der Waals surface area contributed by atoms with Crippen LogP contribution in [0.4, 0.5) is 0 Å². The quantitative estimate of drug-likeness (QED) is 0.776. The predicted octanol–water partition coefficient (Wildman–Crippen LogP) is 3.38. The van der Waals surface area contributed by atoms with Crippen molar-refractivity contribution in [2.45, 2.75) is 20.3 Å². The second kappa shape index (κ2) is 9.08. The van der Waals surface area contributed by atoms with Crippen LogP contribution in [0.5, 0.6) is 5.75 Å². The molecule has 25 heavy (non-hydrogen) atoms. The fourth-order valence-electron chi connectivity index (χ4n) is 2.02. The highest BCUT2D eigenvalue weighted by atomic mass is 35.5.